The Morgan fingerprint density at radius 2 is 2.39 bits per heavy atom. The van der Waals surface area contributed by atoms with Gasteiger partial charge in [-0.3, -0.25) is 4.79 Å². The summed E-state index contributed by atoms with van der Waals surface area (Å²) in [6, 6.07) is 3.69. The van der Waals surface area contributed by atoms with Gasteiger partial charge in [0.25, 0.3) is 5.91 Å². The van der Waals surface area contributed by atoms with Crippen molar-refractivity contribution in [1.29, 1.82) is 0 Å². The molecule has 1 aromatic heterocycles. The zero-order chi connectivity index (χ0) is 13.0. The molecule has 0 radical (unpaired) electrons. The van der Waals surface area contributed by atoms with Crippen LogP contribution in [0.5, 0.6) is 0 Å². The summed E-state index contributed by atoms with van der Waals surface area (Å²) < 4.78 is 0. The quantitative estimate of drug-likeness (QED) is 0.905. The smallest absolute Gasteiger partial charge is 0.254 e. The first-order chi connectivity index (χ1) is 8.66. The van der Waals surface area contributed by atoms with Crippen LogP contribution in [-0.2, 0) is 0 Å². The zero-order valence-electron chi connectivity index (χ0n) is 10.8. The first kappa shape index (κ1) is 13.2. The lowest BCUT2D eigenvalue weighted by molar-refractivity contribution is 0.0827. The molecular weight excluding hydrogens is 246 g/mol. The van der Waals surface area contributed by atoms with Crippen molar-refractivity contribution >= 4 is 23.5 Å². The number of anilines is 1. The van der Waals surface area contributed by atoms with E-state index in [1.165, 1.54) is 18.6 Å². The number of carbonyl (C=O) groups is 1. The van der Waals surface area contributed by atoms with E-state index in [1.807, 2.05) is 23.9 Å². The van der Waals surface area contributed by atoms with Crippen LogP contribution in [0.15, 0.2) is 18.3 Å². The van der Waals surface area contributed by atoms with Crippen LogP contribution in [0.3, 0.4) is 0 Å². The summed E-state index contributed by atoms with van der Waals surface area (Å²) in [4.78, 5) is 17.5. The highest BCUT2D eigenvalue weighted by atomic mass is 32.2. The highest BCUT2D eigenvalue weighted by Gasteiger charge is 2.15. The second-order valence-electron chi connectivity index (χ2n) is 4.65. The van der Waals surface area contributed by atoms with Crippen LogP contribution in [0.25, 0.3) is 0 Å². The Morgan fingerprint density at radius 3 is 2.94 bits per heavy atom. The average Bonchev–Trinajstić information content (AvgIpc) is 2.89. The predicted molar refractivity (Wildman–Crippen MR) is 76.2 cm³/mol. The maximum atomic E-state index is 11.7. The minimum Gasteiger partial charge on any atom is -0.369 e. The van der Waals surface area contributed by atoms with Gasteiger partial charge in [0.1, 0.15) is 5.82 Å². The van der Waals surface area contributed by atoms with Gasteiger partial charge in [0, 0.05) is 32.1 Å². The molecular formula is C13H19N3OS. The summed E-state index contributed by atoms with van der Waals surface area (Å²) in [6.45, 7) is 0.957. The van der Waals surface area contributed by atoms with Crippen LogP contribution in [0.2, 0.25) is 0 Å². The monoisotopic (exact) mass is 265 g/mol. The first-order valence-electron chi connectivity index (χ1n) is 6.20. The summed E-state index contributed by atoms with van der Waals surface area (Å²) in [7, 11) is 3.48. The van der Waals surface area contributed by atoms with E-state index in [0.29, 0.717) is 10.8 Å². The minimum atomic E-state index is -0.0135. The SMILES string of the molecule is CN(C)C(=O)c1ccc(NCC2CCCS2)nc1. The maximum Gasteiger partial charge on any atom is 0.254 e. The molecule has 1 atom stereocenters. The van der Waals surface area contributed by atoms with Crippen LogP contribution in [-0.4, -0.2) is 47.4 Å². The van der Waals surface area contributed by atoms with Crippen molar-refractivity contribution in [3.8, 4) is 0 Å². The average molecular weight is 265 g/mol. The third kappa shape index (κ3) is 3.38. The van der Waals surface area contributed by atoms with E-state index in [9.17, 15) is 4.79 Å². The van der Waals surface area contributed by atoms with Gasteiger partial charge < -0.3 is 10.2 Å². The van der Waals surface area contributed by atoms with Crippen molar-refractivity contribution < 1.29 is 4.79 Å². The molecule has 0 saturated carbocycles. The molecule has 1 N–H and O–H groups in total. The highest BCUT2D eigenvalue weighted by Crippen LogP contribution is 2.26. The summed E-state index contributed by atoms with van der Waals surface area (Å²) >= 11 is 2.02. The number of amides is 1. The van der Waals surface area contributed by atoms with Crippen LogP contribution in [0.1, 0.15) is 23.2 Å². The molecule has 0 bridgehead atoms. The molecule has 2 rings (SSSR count). The van der Waals surface area contributed by atoms with Crippen molar-refractivity contribution in [2.75, 3.05) is 31.7 Å². The Kier molecular flexibility index (Phi) is 4.47. The van der Waals surface area contributed by atoms with Crippen molar-refractivity contribution in [3.63, 3.8) is 0 Å². The van der Waals surface area contributed by atoms with Gasteiger partial charge >= 0.3 is 0 Å². The largest absolute Gasteiger partial charge is 0.369 e. The second-order valence-corrected chi connectivity index (χ2v) is 6.06. The first-order valence-corrected chi connectivity index (χ1v) is 7.25. The lowest BCUT2D eigenvalue weighted by Gasteiger charge is -2.12. The van der Waals surface area contributed by atoms with Crippen LogP contribution in [0, 0.1) is 0 Å². The lowest BCUT2D eigenvalue weighted by Crippen LogP contribution is -2.22. The standard InChI is InChI=1S/C13H19N3OS/c1-16(2)13(17)10-5-6-12(14-8-10)15-9-11-4-3-7-18-11/h5-6,8,11H,3-4,7,9H2,1-2H3,(H,14,15). The molecule has 5 heteroatoms. The minimum absolute atomic E-state index is 0.0135. The normalized spacial score (nSPS) is 18.7. The van der Waals surface area contributed by atoms with Gasteiger partial charge in [0.15, 0.2) is 0 Å². The number of hydrogen-bond acceptors (Lipinski definition) is 4. The molecule has 1 amide bonds. The molecule has 98 valence electrons. The van der Waals surface area contributed by atoms with E-state index in [1.54, 1.807) is 25.2 Å². The molecule has 1 saturated heterocycles. The third-order valence-corrected chi connectivity index (χ3v) is 4.35. The Labute approximate surface area is 112 Å². The summed E-state index contributed by atoms with van der Waals surface area (Å²) in [5.41, 5.74) is 0.626. The number of thioether (sulfide) groups is 1. The molecule has 18 heavy (non-hydrogen) atoms. The molecule has 1 aliphatic heterocycles. The van der Waals surface area contributed by atoms with E-state index >= 15 is 0 Å². The number of hydrogen-bond donors (Lipinski definition) is 1. The van der Waals surface area contributed by atoms with E-state index in [4.69, 9.17) is 0 Å². The molecule has 1 unspecified atom stereocenters. The van der Waals surface area contributed by atoms with Crippen LogP contribution >= 0.6 is 11.8 Å². The molecule has 2 heterocycles. The van der Waals surface area contributed by atoms with Crippen molar-refractivity contribution in [3.05, 3.63) is 23.9 Å². The third-order valence-electron chi connectivity index (χ3n) is 2.95. The Bertz CT molecular complexity index is 399. The van der Waals surface area contributed by atoms with Crippen molar-refractivity contribution in [2.24, 2.45) is 0 Å². The van der Waals surface area contributed by atoms with E-state index in [0.717, 1.165) is 12.4 Å². The topological polar surface area (TPSA) is 45.2 Å². The number of rotatable bonds is 4. The van der Waals surface area contributed by atoms with Gasteiger partial charge in [0.2, 0.25) is 0 Å². The van der Waals surface area contributed by atoms with E-state index in [2.05, 4.69) is 10.3 Å². The molecule has 0 aliphatic carbocycles. The molecule has 0 aromatic carbocycles. The van der Waals surface area contributed by atoms with Gasteiger partial charge in [0.05, 0.1) is 5.56 Å². The van der Waals surface area contributed by atoms with Crippen molar-refractivity contribution in [2.45, 2.75) is 18.1 Å². The fourth-order valence-corrected chi connectivity index (χ4v) is 3.11. The number of aromatic nitrogens is 1. The van der Waals surface area contributed by atoms with Crippen LogP contribution < -0.4 is 5.32 Å². The summed E-state index contributed by atoms with van der Waals surface area (Å²) in [6.07, 6.45) is 4.24. The predicted octanol–water partition coefficient (Wildman–Crippen LogP) is 2.09. The fourth-order valence-electron chi connectivity index (χ4n) is 1.91. The number of pyridine rings is 1. The Balaban J connectivity index is 1.89. The molecule has 1 fully saturated rings. The Hall–Kier alpha value is -1.23. The van der Waals surface area contributed by atoms with Gasteiger partial charge in [-0.15, -0.1) is 0 Å². The zero-order valence-corrected chi connectivity index (χ0v) is 11.7. The molecule has 1 aromatic rings. The van der Waals surface area contributed by atoms with E-state index in [-0.39, 0.29) is 5.91 Å². The van der Waals surface area contributed by atoms with Gasteiger partial charge in [-0.25, -0.2) is 4.98 Å². The number of nitrogens with zero attached hydrogens (tertiary/aromatic N) is 2. The van der Waals surface area contributed by atoms with Crippen molar-refractivity contribution in [1.82, 2.24) is 9.88 Å². The number of nitrogens with one attached hydrogen (secondary N) is 1. The summed E-state index contributed by atoms with van der Waals surface area (Å²) in [5, 5.41) is 4.03. The number of carbonyl (C=O) groups excluding carboxylic acids is 1. The van der Waals surface area contributed by atoms with Crippen LogP contribution in [0.4, 0.5) is 5.82 Å². The fraction of sp³-hybridized carbons (Fsp3) is 0.538. The lowest BCUT2D eigenvalue weighted by atomic mass is 10.2. The molecule has 1 aliphatic rings. The van der Waals surface area contributed by atoms with Gasteiger partial charge in [-0.05, 0) is 30.7 Å². The highest BCUT2D eigenvalue weighted by molar-refractivity contribution is 8.00. The molecule has 0 spiro atoms. The maximum absolute atomic E-state index is 11.7. The second kappa shape index (κ2) is 6.09. The summed E-state index contributed by atoms with van der Waals surface area (Å²) in [5.74, 6) is 2.11. The van der Waals surface area contributed by atoms with Gasteiger partial charge in [-0.2, -0.15) is 11.8 Å². The van der Waals surface area contributed by atoms with Gasteiger partial charge in [-0.1, -0.05) is 0 Å². The Morgan fingerprint density at radius 1 is 1.56 bits per heavy atom. The molecule has 4 nitrogen and oxygen atoms in total. The van der Waals surface area contributed by atoms with E-state index < -0.39 is 0 Å².